The van der Waals surface area contributed by atoms with Gasteiger partial charge in [-0.2, -0.15) is 0 Å². The Hall–Kier alpha value is -1.01. The van der Waals surface area contributed by atoms with E-state index in [1.807, 2.05) is 6.07 Å². The molecule has 4 aliphatic heterocycles. The molecule has 26 heavy (non-hydrogen) atoms. The number of ether oxygens (including phenoxy) is 2. The van der Waals surface area contributed by atoms with Crippen LogP contribution in [-0.2, 0) is 9.47 Å². The maximum Gasteiger partial charge on any atom is 0.123 e. The predicted octanol–water partition coefficient (Wildman–Crippen LogP) is 2.64. The minimum absolute atomic E-state index is 0.103. The Kier molecular flexibility index (Phi) is 4.52. The number of piperidine rings is 1. The second-order valence-electron chi connectivity index (χ2n) is 8.60. The minimum atomic E-state index is -0.103. The molecule has 2 atom stereocenters. The van der Waals surface area contributed by atoms with E-state index < -0.39 is 0 Å². The minimum Gasteiger partial charge on any atom is -0.381 e. The fourth-order valence-electron chi connectivity index (χ4n) is 5.33. The zero-order valence-electron chi connectivity index (χ0n) is 15.4. The molecule has 4 aliphatic rings. The number of hydrogen-bond acceptors (Lipinski definition) is 4. The van der Waals surface area contributed by atoms with Crippen LogP contribution in [-0.4, -0.2) is 62.5 Å². The van der Waals surface area contributed by atoms with E-state index in [4.69, 9.17) is 9.47 Å². The van der Waals surface area contributed by atoms with Crippen LogP contribution in [0.2, 0.25) is 0 Å². The molecule has 5 rings (SSSR count). The third-order valence-electron chi connectivity index (χ3n) is 6.99. The first-order valence-corrected chi connectivity index (χ1v) is 10.2. The highest BCUT2D eigenvalue weighted by Crippen LogP contribution is 2.39. The summed E-state index contributed by atoms with van der Waals surface area (Å²) in [5.74, 6) is 0.811. The lowest BCUT2D eigenvalue weighted by atomic mass is 9.81. The predicted molar refractivity (Wildman–Crippen MR) is 98.1 cm³/mol. The van der Waals surface area contributed by atoms with E-state index in [-0.39, 0.29) is 11.4 Å². The molecule has 0 amide bonds. The molecule has 4 heterocycles. The summed E-state index contributed by atoms with van der Waals surface area (Å²) in [4.78, 5) is 2.61. The van der Waals surface area contributed by atoms with Gasteiger partial charge < -0.3 is 14.8 Å². The van der Waals surface area contributed by atoms with Gasteiger partial charge >= 0.3 is 0 Å². The van der Waals surface area contributed by atoms with Crippen molar-refractivity contribution in [3.8, 4) is 0 Å². The average Bonchev–Trinajstić information content (AvgIpc) is 3.31. The molecule has 4 nitrogen and oxygen atoms in total. The van der Waals surface area contributed by atoms with Crippen molar-refractivity contribution in [1.29, 1.82) is 0 Å². The summed E-state index contributed by atoms with van der Waals surface area (Å²) in [6, 6.07) is 5.98. The van der Waals surface area contributed by atoms with E-state index in [2.05, 4.69) is 10.2 Å². The Labute approximate surface area is 155 Å². The molecule has 0 bridgehead atoms. The van der Waals surface area contributed by atoms with Gasteiger partial charge in [-0.1, -0.05) is 6.07 Å². The largest absolute Gasteiger partial charge is 0.381 e. The van der Waals surface area contributed by atoms with Gasteiger partial charge in [-0.3, -0.25) is 4.90 Å². The maximum absolute atomic E-state index is 14.0. The van der Waals surface area contributed by atoms with Crippen LogP contribution in [0.3, 0.4) is 0 Å². The fourth-order valence-corrected chi connectivity index (χ4v) is 5.33. The number of nitrogens with one attached hydrogen (secondary N) is 1. The van der Waals surface area contributed by atoms with Crippen LogP contribution < -0.4 is 5.32 Å². The molecule has 0 aliphatic carbocycles. The summed E-state index contributed by atoms with van der Waals surface area (Å²) in [7, 11) is 0. The van der Waals surface area contributed by atoms with Crippen molar-refractivity contribution >= 4 is 0 Å². The van der Waals surface area contributed by atoms with Crippen LogP contribution in [0.5, 0.6) is 0 Å². The Morgan fingerprint density at radius 2 is 1.88 bits per heavy atom. The van der Waals surface area contributed by atoms with Gasteiger partial charge in [0.2, 0.25) is 0 Å². The van der Waals surface area contributed by atoms with Gasteiger partial charge in [-0.05, 0) is 68.0 Å². The van der Waals surface area contributed by atoms with Crippen LogP contribution in [0.15, 0.2) is 18.2 Å². The number of nitrogens with zero attached hydrogens (tertiary/aromatic N) is 1. The molecule has 1 N–H and O–H groups in total. The van der Waals surface area contributed by atoms with Crippen molar-refractivity contribution < 1.29 is 13.9 Å². The van der Waals surface area contributed by atoms with Crippen LogP contribution >= 0.6 is 0 Å². The maximum atomic E-state index is 14.0. The summed E-state index contributed by atoms with van der Waals surface area (Å²) in [6.07, 6.45) is 4.46. The first-order chi connectivity index (χ1) is 12.7. The molecule has 2 unspecified atom stereocenters. The lowest BCUT2D eigenvalue weighted by Crippen LogP contribution is -2.59. The first kappa shape index (κ1) is 17.1. The normalized spacial score (nSPS) is 32.2. The highest BCUT2D eigenvalue weighted by Gasteiger charge is 2.47. The summed E-state index contributed by atoms with van der Waals surface area (Å²) < 4.78 is 25.6. The van der Waals surface area contributed by atoms with Gasteiger partial charge in [0.15, 0.2) is 0 Å². The molecule has 4 saturated heterocycles. The number of likely N-dealkylation sites (tertiary alicyclic amines) is 1. The molecule has 1 spiro atoms. The zero-order valence-corrected chi connectivity index (χ0v) is 15.4. The monoisotopic (exact) mass is 360 g/mol. The molecule has 0 radical (unpaired) electrons. The van der Waals surface area contributed by atoms with Crippen LogP contribution in [0, 0.1) is 5.82 Å². The number of rotatable bonds is 3. The first-order valence-electron chi connectivity index (χ1n) is 10.2. The third kappa shape index (κ3) is 3.09. The summed E-state index contributed by atoms with van der Waals surface area (Å²) in [5.41, 5.74) is 2.69. The van der Waals surface area contributed by atoms with E-state index in [9.17, 15) is 4.39 Å². The van der Waals surface area contributed by atoms with Crippen molar-refractivity contribution in [2.45, 2.75) is 49.2 Å². The van der Waals surface area contributed by atoms with Gasteiger partial charge in [0.25, 0.3) is 0 Å². The average molecular weight is 360 g/mol. The van der Waals surface area contributed by atoms with Gasteiger partial charge in [0, 0.05) is 31.7 Å². The topological polar surface area (TPSA) is 33.7 Å². The summed E-state index contributed by atoms with van der Waals surface area (Å²) in [5, 5.41) is 3.34. The van der Waals surface area contributed by atoms with Gasteiger partial charge in [-0.15, -0.1) is 0 Å². The lowest BCUT2D eigenvalue weighted by Gasteiger charge is -2.40. The Morgan fingerprint density at radius 1 is 1.04 bits per heavy atom. The van der Waals surface area contributed by atoms with E-state index in [1.165, 1.54) is 11.1 Å². The molecule has 0 saturated carbocycles. The van der Waals surface area contributed by atoms with Crippen molar-refractivity contribution in [3.63, 3.8) is 0 Å². The second kappa shape index (κ2) is 6.86. The highest BCUT2D eigenvalue weighted by molar-refractivity contribution is 5.35. The van der Waals surface area contributed by atoms with Crippen LogP contribution in [0.4, 0.5) is 4.39 Å². The molecule has 142 valence electrons. The fraction of sp³-hybridized carbons (Fsp3) is 0.714. The van der Waals surface area contributed by atoms with Crippen molar-refractivity contribution in [2.24, 2.45) is 0 Å². The molecular weight excluding hydrogens is 331 g/mol. The zero-order chi connectivity index (χ0) is 17.6. The molecule has 1 aromatic rings. The lowest BCUT2D eigenvalue weighted by molar-refractivity contribution is -0.0367. The van der Waals surface area contributed by atoms with Crippen molar-refractivity contribution in [1.82, 2.24) is 10.2 Å². The number of benzene rings is 1. The molecule has 1 aromatic carbocycles. The molecule has 5 heteroatoms. The Balaban J connectivity index is 1.26. The number of hydrogen-bond donors (Lipinski definition) is 1. The Morgan fingerprint density at radius 3 is 2.54 bits per heavy atom. The van der Waals surface area contributed by atoms with E-state index in [0.29, 0.717) is 17.9 Å². The van der Waals surface area contributed by atoms with Gasteiger partial charge in [-0.25, -0.2) is 4.39 Å². The van der Waals surface area contributed by atoms with Crippen LogP contribution in [0.1, 0.15) is 48.6 Å². The van der Waals surface area contributed by atoms with E-state index in [0.717, 1.165) is 71.7 Å². The van der Waals surface area contributed by atoms with Gasteiger partial charge in [0.1, 0.15) is 5.82 Å². The Bertz CT molecular complexity index is 649. The second-order valence-corrected chi connectivity index (χ2v) is 8.60. The smallest absolute Gasteiger partial charge is 0.123 e. The highest BCUT2D eigenvalue weighted by atomic mass is 19.1. The van der Waals surface area contributed by atoms with Crippen molar-refractivity contribution in [2.75, 3.05) is 46.0 Å². The SMILES string of the molecule is Fc1ccc(C2CCOC2)c(C2CCN(C3COC4(CNC4)C3)CC2)c1. The summed E-state index contributed by atoms with van der Waals surface area (Å²) >= 11 is 0. The molecule has 0 aromatic heterocycles. The number of halogens is 1. The van der Waals surface area contributed by atoms with Crippen LogP contribution in [0.25, 0.3) is 0 Å². The van der Waals surface area contributed by atoms with Crippen molar-refractivity contribution in [3.05, 3.63) is 35.1 Å². The molecule has 4 fully saturated rings. The van der Waals surface area contributed by atoms with E-state index in [1.54, 1.807) is 12.1 Å². The van der Waals surface area contributed by atoms with Gasteiger partial charge in [0.05, 0.1) is 18.8 Å². The standard InChI is InChI=1S/C21H29FN2O2/c22-17-1-2-19(16-5-8-25-11-16)20(9-17)15-3-6-24(7-4-15)18-10-21(26-12-18)13-23-14-21/h1-2,9,15-16,18,23H,3-8,10-14H2. The quantitative estimate of drug-likeness (QED) is 0.899. The third-order valence-corrected chi connectivity index (χ3v) is 6.99. The molecular formula is C21H29FN2O2. The van der Waals surface area contributed by atoms with E-state index >= 15 is 0 Å². The summed E-state index contributed by atoms with van der Waals surface area (Å²) in [6.45, 7) is 6.70.